The maximum Gasteiger partial charge on any atom is 0.215 e. The predicted octanol–water partition coefficient (Wildman–Crippen LogP) is 1.86. The van der Waals surface area contributed by atoms with Gasteiger partial charge in [0.25, 0.3) is 0 Å². The molecule has 0 saturated carbocycles. The summed E-state index contributed by atoms with van der Waals surface area (Å²) in [5.74, 6) is 0.494. The van der Waals surface area contributed by atoms with E-state index in [9.17, 15) is 0 Å². The highest BCUT2D eigenvalue weighted by atomic mass is 16.5. The molecule has 0 rings (SSSR count). The van der Waals surface area contributed by atoms with E-state index in [-0.39, 0.29) is 5.54 Å². The molecule has 0 atom stereocenters. The summed E-state index contributed by atoms with van der Waals surface area (Å²) in [4.78, 5) is 3.74. The number of nitrogens with zero attached hydrogens (tertiary/aromatic N) is 1. The lowest BCUT2D eigenvalue weighted by Gasteiger charge is -2.19. The third kappa shape index (κ3) is 5.20. The highest BCUT2D eigenvalue weighted by molar-refractivity contribution is 5.30. The van der Waals surface area contributed by atoms with Crippen LogP contribution in [0.5, 0.6) is 0 Å². The summed E-state index contributed by atoms with van der Waals surface area (Å²) in [5.41, 5.74) is 6.24. The van der Waals surface area contributed by atoms with E-state index >= 15 is 0 Å². The van der Waals surface area contributed by atoms with Gasteiger partial charge in [-0.05, 0) is 27.5 Å². The van der Waals surface area contributed by atoms with Gasteiger partial charge in [0.05, 0.1) is 0 Å². The van der Waals surface area contributed by atoms with Crippen molar-refractivity contribution in [1.82, 2.24) is 0 Å². The maximum atomic E-state index is 5.74. The minimum absolute atomic E-state index is 0.364. The molecule has 74 valence electrons. The molecule has 0 aromatic carbocycles. The fourth-order valence-electron chi connectivity index (χ4n) is 0.626. The highest BCUT2D eigenvalue weighted by Gasteiger charge is 2.12. The first kappa shape index (κ1) is 11.9. The van der Waals surface area contributed by atoms with Crippen LogP contribution >= 0.6 is 0 Å². The van der Waals surface area contributed by atoms with E-state index in [4.69, 9.17) is 10.5 Å². The standard InChI is InChI=1S/C10H18N2O/c1-6-8(2)9(12-5)13-7-10(3,4)11/h6H,1,5,7,11H2,2-4H3/b9-8+. The van der Waals surface area contributed by atoms with E-state index in [1.165, 1.54) is 0 Å². The van der Waals surface area contributed by atoms with Gasteiger partial charge in [-0.3, -0.25) is 0 Å². The van der Waals surface area contributed by atoms with Gasteiger partial charge in [0.15, 0.2) is 0 Å². The summed E-state index contributed by atoms with van der Waals surface area (Å²) in [6.07, 6.45) is 1.67. The molecule has 3 heteroatoms. The Labute approximate surface area is 80.0 Å². The van der Waals surface area contributed by atoms with Crippen molar-refractivity contribution in [2.24, 2.45) is 10.7 Å². The Balaban J connectivity index is 4.32. The zero-order valence-electron chi connectivity index (χ0n) is 8.63. The summed E-state index contributed by atoms with van der Waals surface area (Å²) in [6, 6.07) is 0. The van der Waals surface area contributed by atoms with Crippen LogP contribution in [0.15, 0.2) is 29.1 Å². The first-order valence-electron chi connectivity index (χ1n) is 4.12. The fourth-order valence-corrected chi connectivity index (χ4v) is 0.626. The Morgan fingerprint density at radius 1 is 1.62 bits per heavy atom. The van der Waals surface area contributed by atoms with Gasteiger partial charge in [-0.25, -0.2) is 4.99 Å². The van der Waals surface area contributed by atoms with E-state index in [1.54, 1.807) is 6.08 Å². The second-order valence-electron chi connectivity index (χ2n) is 3.63. The van der Waals surface area contributed by atoms with Crippen LogP contribution in [0, 0.1) is 0 Å². The van der Waals surface area contributed by atoms with Crippen LogP contribution in [0.25, 0.3) is 0 Å². The van der Waals surface area contributed by atoms with E-state index < -0.39 is 0 Å². The zero-order valence-corrected chi connectivity index (χ0v) is 8.63. The van der Waals surface area contributed by atoms with Crippen LogP contribution < -0.4 is 5.73 Å². The van der Waals surface area contributed by atoms with E-state index in [0.717, 1.165) is 5.57 Å². The Hall–Kier alpha value is -1.09. The van der Waals surface area contributed by atoms with E-state index in [2.05, 4.69) is 18.3 Å². The van der Waals surface area contributed by atoms with Crippen LogP contribution in [0.2, 0.25) is 0 Å². The molecule has 0 bridgehead atoms. The highest BCUT2D eigenvalue weighted by Crippen LogP contribution is 2.10. The number of nitrogens with two attached hydrogens (primary N) is 1. The lowest BCUT2D eigenvalue weighted by atomic mass is 10.1. The molecule has 2 N–H and O–H groups in total. The molecule has 0 saturated heterocycles. The largest absolute Gasteiger partial charge is 0.476 e. The third-order valence-corrected chi connectivity index (χ3v) is 1.37. The van der Waals surface area contributed by atoms with Crippen molar-refractivity contribution in [3.8, 4) is 0 Å². The van der Waals surface area contributed by atoms with Gasteiger partial charge in [0, 0.05) is 11.1 Å². The first-order valence-corrected chi connectivity index (χ1v) is 4.12. The summed E-state index contributed by atoms with van der Waals surface area (Å²) < 4.78 is 5.36. The number of ether oxygens (including phenoxy) is 1. The van der Waals surface area contributed by atoms with Crippen molar-refractivity contribution in [3.05, 3.63) is 24.1 Å². The molecule has 0 aromatic rings. The quantitative estimate of drug-likeness (QED) is 0.401. The number of hydrogen-bond acceptors (Lipinski definition) is 3. The monoisotopic (exact) mass is 182 g/mol. The molecule has 0 fully saturated rings. The number of rotatable bonds is 5. The van der Waals surface area contributed by atoms with Crippen molar-refractivity contribution in [1.29, 1.82) is 0 Å². The maximum absolute atomic E-state index is 5.74. The molecular weight excluding hydrogens is 164 g/mol. The summed E-state index contributed by atoms with van der Waals surface area (Å²) in [7, 11) is 0. The van der Waals surface area contributed by atoms with Crippen LogP contribution in [-0.4, -0.2) is 18.9 Å². The van der Waals surface area contributed by atoms with Gasteiger partial charge >= 0.3 is 0 Å². The van der Waals surface area contributed by atoms with Gasteiger partial charge in [-0.15, -0.1) is 0 Å². The second-order valence-corrected chi connectivity index (χ2v) is 3.63. The Morgan fingerprint density at radius 2 is 2.15 bits per heavy atom. The second kappa shape index (κ2) is 4.82. The average Bonchev–Trinajstić information content (AvgIpc) is 2.03. The third-order valence-electron chi connectivity index (χ3n) is 1.37. The minimum Gasteiger partial charge on any atom is -0.476 e. The minimum atomic E-state index is -0.364. The normalized spacial score (nSPS) is 13.2. The molecule has 0 radical (unpaired) electrons. The lowest BCUT2D eigenvalue weighted by molar-refractivity contribution is 0.158. The van der Waals surface area contributed by atoms with Gasteiger partial charge in [-0.1, -0.05) is 12.7 Å². The van der Waals surface area contributed by atoms with Crippen LogP contribution in [0.1, 0.15) is 20.8 Å². The van der Waals surface area contributed by atoms with E-state index in [0.29, 0.717) is 12.5 Å². The van der Waals surface area contributed by atoms with Crippen molar-refractivity contribution < 1.29 is 4.74 Å². The van der Waals surface area contributed by atoms with Crippen LogP contribution in [-0.2, 0) is 4.74 Å². The van der Waals surface area contributed by atoms with Crippen LogP contribution in [0.4, 0.5) is 0 Å². The van der Waals surface area contributed by atoms with Crippen molar-refractivity contribution in [3.63, 3.8) is 0 Å². The zero-order chi connectivity index (χ0) is 10.5. The molecule has 13 heavy (non-hydrogen) atoms. The van der Waals surface area contributed by atoms with E-state index in [1.807, 2.05) is 20.8 Å². The van der Waals surface area contributed by atoms with Gasteiger partial charge in [-0.2, -0.15) is 0 Å². The SMILES string of the molecule is C=C/C(C)=C(\N=C)OCC(C)(C)N. The molecule has 3 nitrogen and oxygen atoms in total. The molecule has 0 unspecified atom stereocenters. The first-order chi connectivity index (χ1) is 5.90. The van der Waals surface area contributed by atoms with Crippen molar-refractivity contribution in [2.45, 2.75) is 26.3 Å². The topological polar surface area (TPSA) is 47.6 Å². The molecule has 0 aliphatic heterocycles. The summed E-state index contributed by atoms with van der Waals surface area (Å²) in [5, 5.41) is 0. The predicted molar refractivity (Wildman–Crippen MR) is 56.7 cm³/mol. The molecule has 0 aromatic heterocycles. The molecular formula is C10H18N2O. The Bertz CT molecular complexity index is 224. The van der Waals surface area contributed by atoms with Crippen molar-refractivity contribution >= 4 is 6.72 Å². The number of allylic oxidation sites excluding steroid dienone is 2. The van der Waals surface area contributed by atoms with Gasteiger partial charge in [0.2, 0.25) is 5.88 Å². The number of aliphatic imine (C=N–C) groups is 1. The average molecular weight is 182 g/mol. The summed E-state index contributed by atoms with van der Waals surface area (Å²) in [6.45, 7) is 13.1. The number of hydrogen-bond donors (Lipinski definition) is 1. The molecule has 0 aliphatic carbocycles. The molecule has 0 spiro atoms. The van der Waals surface area contributed by atoms with Gasteiger partial charge in [0.1, 0.15) is 6.61 Å². The summed E-state index contributed by atoms with van der Waals surface area (Å²) >= 11 is 0. The van der Waals surface area contributed by atoms with Crippen molar-refractivity contribution in [2.75, 3.05) is 6.61 Å². The Kier molecular flexibility index (Phi) is 4.42. The molecule has 0 heterocycles. The smallest absolute Gasteiger partial charge is 0.215 e. The Morgan fingerprint density at radius 3 is 2.46 bits per heavy atom. The van der Waals surface area contributed by atoms with Crippen LogP contribution in [0.3, 0.4) is 0 Å². The molecule has 0 aliphatic rings. The fraction of sp³-hybridized carbons (Fsp3) is 0.500. The van der Waals surface area contributed by atoms with Gasteiger partial charge < -0.3 is 10.5 Å². The lowest BCUT2D eigenvalue weighted by Crippen LogP contribution is -2.37. The molecule has 0 amide bonds.